The predicted molar refractivity (Wildman–Crippen MR) is 93.4 cm³/mol. The summed E-state index contributed by atoms with van der Waals surface area (Å²) in [5, 5.41) is 7.25. The Morgan fingerprint density at radius 2 is 2.22 bits per heavy atom. The Morgan fingerprint density at radius 3 is 2.83 bits per heavy atom. The number of nitrogens with zero attached hydrogens (tertiary/aromatic N) is 1. The van der Waals surface area contributed by atoms with E-state index in [1.54, 1.807) is 19.2 Å². The minimum Gasteiger partial charge on any atom is -0.383 e. The average molecular weight is 335 g/mol. The Kier molecular flexibility index (Phi) is 5.91. The summed E-state index contributed by atoms with van der Waals surface area (Å²) >= 11 is 1.33. The summed E-state index contributed by atoms with van der Waals surface area (Å²) in [4.78, 5) is 11.6. The van der Waals surface area contributed by atoms with Gasteiger partial charge in [0.25, 0.3) is 5.91 Å². The zero-order valence-electron chi connectivity index (χ0n) is 13.1. The number of carbonyl (C=O) groups is 1. The lowest BCUT2D eigenvalue weighted by atomic mass is 10.1. The maximum absolute atomic E-state index is 11.6. The van der Waals surface area contributed by atoms with E-state index in [0.29, 0.717) is 24.4 Å². The normalized spacial score (nSPS) is 12.0. The summed E-state index contributed by atoms with van der Waals surface area (Å²) in [6.07, 6.45) is 0. The second kappa shape index (κ2) is 7.91. The summed E-state index contributed by atoms with van der Waals surface area (Å²) in [6, 6.07) is 7.10. The van der Waals surface area contributed by atoms with Gasteiger partial charge in [0, 0.05) is 25.4 Å². The fourth-order valence-electron chi connectivity index (χ4n) is 2.05. The first-order valence-electron chi connectivity index (χ1n) is 7.12. The summed E-state index contributed by atoms with van der Waals surface area (Å²) in [5.74, 6) is -0.489. The monoisotopic (exact) mass is 335 g/mol. The van der Waals surface area contributed by atoms with Crippen LogP contribution < -0.4 is 22.1 Å². The number of carbonyl (C=O) groups excluding carboxylic acids is 1. The zero-order chi connectivity index (χ0) is 16.8. The van der Waals surface area contributed by atoms with Gasteiger partial charge in [0.2, 0.25) is 0 Å². The highest BCUT2D eigenvalue weighted by Gasteiger charge is 2.11. The van der Waals surface area contributed by atoms with Gasteiger partial charge in [0.05, 0.1) is 23.6 Å². The molecular formula is C15H21N5O2S. The molecule has 1 aromatic heterocycles. The lowest BCUT2D eigenvalue weighted by Gasteiger charge is -2.15. The summed E-state index contributed by atoms with van der Waals surface area (Å²) in [6.45, 7) is 2.94. The van der Waals surface area contributed by atoms with Crippen LogP contribution in [0.4, 0.5) is 16.4 Å². The van der Waals surface area contributed by atoms with E-state index >= 15 is 0 Å². The van der Waals surface area contributed by atoms with Crippen LogP contribution >= 0.6 is 11.5 Å². The number of nitrogens with two attached hydrogens (primary N) is 2. The van der Waals surface area contributed by atoms with Crippen LogP contribution in [0, 0.1) is 6.92 Å². The van der Waals surface area contributed by atoms with E-state index in [0.717, 1.165) is 16.4 Å². The maximum atomic E-state index is 11.6. The Morgan fingerprint density at radius 1 is 1.43 bits per heavy atom. The molecule has 1 amide bonds. The zero-order valence-corrected chi connectivity index (χ0v) is 13.9. The first-order chi connectivity index (χ1) is 11.0. The lowest BCUT2D eigenvalue weighted by molar-refractivity contribution is 0.100. The first-order valence-corrected chi connectivity index (χ1v) is 7.89. The Balaban J connectivity index is 2.16. The standard InChI is InChI=1S/C15H21N5O2S/c1-9-5-14(23-20-9)19-13-6-11(3-4-12(13)15(17)21)18-7-10(16)8-22-2/h3-6,10,18-19H,7-8,16H2,1-2H3,(H2,17,21). The number of amides is 1. The smallest absolute Gasteiger partial charge is 0.250 e. The third-order valence-corrected chi connectivity index (χ3v) is 3.92. The van der Waals surface area contributed by atoms with Gasteiger partial charge in [-0.25, -0.2) is 0 Å². The van der Waals surface area contributed by atoms with Crippen LogP contribution in [-0.4, -0.2) is 36.6 Å². The molecule has 23 heavy (non-hydrogen) atoms. The number of methoxy groups -OCH3 is 1. The van der Waals surface area contributed by atoms with Crippen LogP contribution in [-0.2, 0) is 4.74 Å². The third kappa shape index (κ3) is 4.92. The summed E-state index contributed by atoms with van der Waals surface area (Å²) < 4.78 is 9.21. The molecule has 0 aliphatic carbocycles. The lowest BCUT2D eigenvalue weighted by Crippen LogP contribution is -2.33. The molecule has 124 valence electrons. The molecule has 2 rings (SSSR count). The molecule has 1 heterocycles. The highest BCUT2D eigenvalue weighted by atomic mass is 32.1. The Hall–Kier alpha value is -2.16. The van der Waals surface area contributed by atoms with Crippen molar-refractivity contribution < 1.29 is 9.53 Å². The van der Waals surface area contributed by atoms with Gasteiger partial charge < -0.3 is 26.8 Å². The molecule has 0 fully saturated rings. The molecule has 0 saturated carbocycles. The second-order valence-electron chi connectivity index (χ2n) is 5.18. The Bertz CT molecular complexity index is 674. The van der Waals surface area contributed by atoms with Crippen molar-refractivity contribution >= 4 is 33.8 Å². The van der Waals surface area contributed by atoms with Crippen LogP contribution in [0.15, 0.2) is 24.3 Å². The quantitative estimate of drug-likeness (QED) is 0.583. The number of nitrogens with one attached hydrogen (secondary N) is 2. The van der Waals surface area contributed by atoms with Gasteiger partial charge in [-0.1, -0.05) is 0 Å². The Labute approximate surface area is 139 Å². The largest absolute Gasteiger partial charge is 0.383 e. The van der Waals surface area contributed by atoms with Gasteiger partial charge in [0.1, 0.15) is 5.00 Å². The maximum Gasteiger partial charge on any atom is 0.250 e. The third-order valence-electron chi connectivity index (χ3n) is 3.12. The van der Waals surface area contributed by atoms with Crippen LogP contribution in [0.1, 0.15) is 16.1 Å². The molecule has 0 aliphatic rings. The second-order valence-corrected chi connectivity index (χ2v) is 5.98. The van der Waals surface area contributed by atoms with Crippen LogP contribution in [0.2, 0.25) is 0 Å². The van der Waals surface area contributed by atoms with Crippen molar-refractivity contribution in [3.05, 3.63) is 35.5 Å². The van der Waals surface area contributed by atoms with Crippen LogP contribution in [0.25, 0.3) is 0 Å². The number of benzene rings is 1. The molecule has 1 atom stereocenters. The molecule has 0 bridgehead atoms. The molecule has 0 spiro atoms. The highest BCUT2D eigenvalue weighted by Crippen LogP contribution is 2.27. The molecule has 1 unspecified atom stereocenters. The number of primary amides is 1. The van der Waals surface area contributed by atoms with Crippen molar-refractivity contribution in [2.24, 2.45) is 11.5 Å². The SMILES string of the molecule is COCC(N)CNc1ccc(C(N)=O)c(Nc2cc(C)ns2)c1. The number of anilines is 3. The van der Waals surface area contributed by atoms with Gasteiger partial charge in [-0.15, -0.1) is 0 Å². The first kappa shape index (κ1) is 17.2. The molecular weight excluding hydrogens is 314 g/mol. The molecule has 0 aliphatic heterocycles. The average Bonchev–Trinajstić information content (AvgIpc) is 2.90. The molecule has 7 nitrogen and oxygen atoms in total. The van der Waals surface area contributed by atoms with E-state index in [1.165, 1.54) is 11.5 Å². The fraction of sp³-hybridized carbons (Fsp3) is 0.333. The number of aryl methyl sites for hydroxylation is 1. The van der Waals surface area contributed by atoms with E-state index in [1.807, 2.05) is 19.1 Å². The fourth-order valence-corrected chi connectivity index (χ4v) is 2.72. The van der Waals surface area contributed by atoms with Crippen molar-refractivity contribution in [2.75, 3.05) is 30.9 Å². The molecule has 6 N–H and O–H groups in total. The van der Waals surface area contributed by atoms with E-state index < -0.39 is 5.91 Å². The summed E-state index contributed by atoms with van der Waals surface area (Å²) in [5.41, 5.74) is 14.1. The molecule has 2 aromatic rings. The van der Waals surface area contributed by atoms with Gasteiger partial charge in [-0.3, -0.25) is 4.79 Å². The minimum absolute atomic E-state index is 0.114. The summed E-state index contributed by atoms with van der Waals surface area (Å²) in [7, 11) is 1.61. The van der Waals surface area contributed by atoms with Crippen molar-refractivity contribution in [3.63, 3.8) is 0 Å². The van der Waals surface area contributed by atoms with E-state index in [4.69, 9.17) is 16.2 Å². The molecule has 8 heteroatoms. The number of ether oxygens (including phenoxy) is 1. The van der Waals surface area contributed by atoms with Crippen LogP contribution in [0.3, 0.4) is 0 Å². The van der Waals surface area contributed by atoms with E-state index in [9.17, 15) is 4.79 Å². The minimum atomic E-state index is -0.489. The van der Waals surface area contributed by atoms with Gasteiger partial charge in [0.15, 0.2) is 0 Å². The topological polar surface area (TPSA) is 115 Å². The predicted octanol–water partition coefficient (Wildman–Crippen LogP) is 1.68. The van der Waals surface area contributed by atoms with Crippen molar-refractivity contribution in [3.8, 4) is 0 Å². The number of hydrogen-bond donors (Lipinski definition) is 4. The number of hydrogen-bond acceptors (Lipinski definition) is 7. The van der Waals surface area contributed by atoms with Crippen molar-refractivity contribution in [2.45, 2.75) is 13.0 Å². The van der Waals surface area contributed by atoms with Gasteiger partial charge in [-0.2, -0.15) is 4.37 Å². The molecule has 0 radical (unpaired) electrons. The number of rotatable bonds is 8. The van der Waals surface area contributed by atoms with Gasteiger partial charge in [-0.05, 0) is 42.7 Å². The number of aromatic nitrogens is 1. The van der Waals surface area contributed by atoms with Gasteiger partial charge >= 0.3 is 0 Å². The van der Waals surface area contributed by atoms with Crippen molar-refractivity contribution in [1.29, 1.82) is 0 Å². The molecule has 0 saturated heterocycles. The van der Waals surface area contributed by atoms with Crippen LogP contribution in [0.5, 0.6) is 0 Å². The molecule has 1 aromatic carbocycles. The van der Waals surface area contributed by atoms with Crippen molar-refractivity contribution in [1.82, 2.24) is 4.37 Å². The highest BCUT2D eigenvalue weighted by molar-refractivity contribution is 7.10. The van der Waals surface area contributed by atoms with E-state index in [2.05, 4.69) is 15.0 Å². The van der Waals surface area contributed by atoms with E-state index in [-0.39, 0.29) is 6.04 Å².